The molecule has 2 rings (SSSR count). The Balaban J connectivity index is 1.84. The van der Waals surface area contributed by atoms with Gasteiger partial charge in [0.05, 0.1) is 5.69 Å². The first kappa shape index (κ1) is 15.3. The van der Waals surface area contributed by atoms with E-state index in [1.165, 1.54) is 0 Å². The predicted molar refractivity (Wildman–Crippen MR) is 83.9 cm³/mol. The molecule has 1 aromatic carbocycles. The second kappa shape index (κ2) is 7.09. The molecule has 4 nitrogen and oxygen atoms in total. The zero-order chi connectivity index (χ0) is 14.5. The second-order valence-corrected chi connectivity index (χ2v) is 6.34. The Bertz CT molecular complexity index is 471. The molecule has 0 heterocycles. The third kappa shape index (κ3) is 4.21. The third-order valence-electron chi connectivity index (χ3n) is 3.81. The Labute approximate surface area is 128 Å². The van der Waals surface area contributed by atoms with Gasteiger partial charge in [-0.05, 0) is 72.2 Å². The molecule has 0 spiro atoms. The molecule has 1 aromatic rings. The Morgan fingerprint density at radius 1 is 1.35 bits per heavy atom. The van der Waals surface area contributed by atoms with Crippen LogP contribution in [0.2, 0.25) is 0 Å². The number of hydrogen-bond donors (Lipinski definition) is 3. The third-order valence-corrected chi connectivity index (χ3v) is 4.47. The van der Waals surface area contributed by atoms with Crippen molar-refractivity contribution in [3.05, 3.63) is 28.2 Å². The fraction of sp³-hybridized carbons (Fsp3) is 0.533. The van der Waals surface area contributed by atoms with Crippen LogP contribution in [-0.4, -0.2) is 23.8 Å². The fourth-order valence-electron chi connectivity index (χ4n) is 2.55. The van der Waals surface area contributed by atoms with Gasteiger partial charge in [0.2, 0.25) is 0 Å². The van der Waals surface area contributed by atoms with E-state index < -0.39 is 0 Å². The fourth-order valence-corrected chi connectivity index (χ4v) is 3.15. The molecule has 0 unspecified atom stereocenters. The highest BCUT2D eigenvalue weighted by molar-refractivity contribution is 9.10. The first-order chi connectivity index (χ1) is 9.58. The molecule has 5 heteroatoms. The summed E-state index contributed by atoms with van der Waals surface area (Å²) in [4.78, 5) is 12.0. The molecular weight excluding hydrogens is 320 g/mol. The van der Waals surface area contributed by atoms with E-state index in [9.17, 15) is 4.79 Å². The molecule has 1 aliphatic carbocycles. The highest BCUT2D eigenvalue weighted by atomic mass is 79.9. The molecule has 1 fully saturated rings. The van der Waals surface area contributed by atoms with Gasteiger partial charge in [0.25, 0.3) is 0 Å². The van der Waals surface area contributed by atoms with Gasteiger partial charge >= 0.3 is 6.03 Å². The van der Waals surface area contributed by atoms with Crippen LogP contribution in [0.1, 0.15) is 31.2 Å². The summed E-state index contributed by atoms with van der Waals surface area (Å²) in [7, 11) is 0. The number of aryl methyl sites for hydroxylation is 1. The molecule has 0 aliphatic heterocycles. The number of nitrogens with one attached hydrogen (secondary N) is 2. The molecule has 110 valence electrons. The van der Waals surface area contributed by atoms with Crippen molar-refractivity contribution in [2.24, 2.45) is 5.92 Å². The molecule has 1 aliphatic rings. The lowest BCUT2D eigenvalue weighted by atomic mass is 9.87. The van der Waals surface area contributed by atoms with Gasteiger partial charge in [-0.3, -0.25) is 0 Å². The summed E-state index contributed by atoms with van der Waals surface area (Å²) in [5.41, 5.74) is 1.92. The summed E-state index contributed by atoms with van der Waals surface area (Å²) in [5, 5.41) is 15.0. The smallest absolute Gasteiger partial charge is 0.319 e. The van der Waals surface area contributed by atoms with Crippen LogP contribution < -0.4 is 10.6 Å². The molecule has 0 aromatic heterocycles. The van der Waals surface area contributed by atoms with Gasteiger partial charge in [-0.25, -0.2) is 4.79 Å². The quantitative estimate of drug-likeness (QED) is 0.789. The molecule has 0 bridgehead atoms. The van der Waals surface area contributed by atoms with Gasteiger partial charge in [-0.2, -0.15) is 0 Å². The topological polar surface area (TPSA) is 61.4 Å². The van der Waals surface area contributed by atoms with Crippen molar-refractivity contribution in [3.63, 3.8) is 0 Å². The SMILES string of the molecule is Cc1ccc(NC(=O)NC2CCC(CO)CC2)c(Br)c1. The Kier molecular flexibility index (Phi) is 5.43. The van der Waals surface area contributed by atoms with Gasteiger partial charge in [0, 0.05) is 17.1 Å². The highest BCUT2D eigenvalue weighted by Gasteiger charge is 2.21. The first-order valence-electron chi connectivity index (χ1n) is 7.03. The number of rotatable bonds is 3. The molecule has 0 radical (unpaired) electrons. The van der Waals surface area contributed by atoms with Crippen LogP contribution >= 0.6 is 15.9 Å². The average molecular weight is 341 g/mol. The number of hydrogen-bond acceptors (Lipinski definition) is 2. The molecule has 3 N–H and O–H groups in total. The number of halogens is 1. The van der Waals surface area contributed by atoms with Gasteiger partial charge in [-0.1, -0.05) is 6.07 Å². The maximum atomic E-state index is 12.0. The van der Waals surface area contributed by atoms with E-state index >= 15 is 0 Å². The normalized spacial score (nSPS) is 22.4. The number of carbonyl (C=O) groups excluding carboxylic acids is 1. The maximum Gasteiger partial charge on any atom is 0.319 e. The van der Waals surface area contributed by atoms with Crippen LogP contribution in [-0.2, 0) is 0 Å². The van der Waals surface area contributed by atoms with Crippen LogP contribution in [0.15, 0.2) is 22.7 Å². The number of aliphatic hydroxyl groups excluding tert-OH is 1. The van der Waals surface area contributed by atoms with Crippen molar-refractivity contribution in [3.8, 4) is 0 Å². The van der Waals surface area contributed by atoms with E-state index in [4.69, 9.17) is 5.11 Å². The molecule has 0 atom stereocenters. The Morgan fingerprint density at radius 2 is 2.05 bits per heavy atom. The maximum absolute atomic E-state index is 12.0. The van der Waals surface area contributed by atoms with Crippen LogP contribution in [0, 0.1) is 12.8 Å². The van der Waals surface area contributed by atoms with Crippen molar-refractivity contribution in [1.82, 2.24) is 5.32 Å². The van der Waals surface area contributed by atoms with Gasteiger partial charge in [0.15, 0.2) is 0 Å². The molecule has 20 heavy (non-hydrogen) atoms. The number of aliphatic hydroxyl groups is 1. The van der Waals surface area contributed by atoms with E-state index in [2.05, 4.69) is 26.6 Å². The van der Waals surface area contributed by atoms with Gasteiger partial charge in [-0.15, -0.1) is 0 Å². The predicted octanol–water partition coefficient (Wildman–Crippen LogP) is 3.43. The van der Waals surface area contributed by atoms with Crippen molar-refractivity contribution < 1.29 is 9.90 Å². The zero-order valence-electron chi connectivity index (χ0n) is 11.7. The van der Waals surface area contributed by atoms with Crippen molar-refractivity contribution in [2.45, 2.75) is 38.6 Å². The summed E-state index contributed by atoms with van der Waals surface area (Å²) in [6.07, 6.45) is 3.84. The summed E-state index contributed by atoms with van der Waals surface area (Å²) in [5.74, 6) is 0.405. The van der Waals surface area contributed by atoms with Crippen molar-refractivity contribution in [1.29, 1.82) is 0 Å². The van der Waals surface area contributed by atoms with Gasteiger partial charge < -0.3 is 15.7 Å². The molecule has 2 amide bonds. The highest BCUT2D eigenvalue weighted by Crippen LogP contribution is 2.25. The van der Waals surface area contributed by atoms with Crippen molar-refractivity contribution >= 4 is 27.6 Å². The minimum absolute atomic E-state index is 0.165. The van der Waals surface area contributed by atoms with Crippen LogP contribution in [0.3, 0.4) is 0 Å². The first-order valence-corrected chi connectivity index (χ1v) is 7.82. The van der Waals surface area contributed by atoms with Crippen LogP contribution in [0.25, 0.3) is 0 Å². The molecule has 1 saturated carbocycles. The minimum atomic E-state index is -0.165. The van der Waals surface area contributed by atoms with E-state index in [0.717, 1.165) is 41.4 Å². The summed E-state index contributed by atoms with van der Waals surface area (Å²) in [6, 6.07) is 5.88. The van der Waals surface area contributed by atoms with E-state index in [1.807, 2.05) is 25.1 Å². The zero-order valence-corrected chi connectivity index (χ0v) is 13.2. The van der Waals surface area contributed by atoms with Crippen LogP contribution in [0.5, 0.6) is 0 Å². The lowest BCUT2D eigenvalue weighted by molar-refractivity contribution is 0.176. The standard InChI is InChI=1S/C15H21BrN2O2/c1-10-2-7-14(13(16)8-10)18-15(20)17-12-5-3-11(9-19)4-6-12/h2,7-8,11-12,19H,3-6,9H2,1H3,(H2,17,18,20). The molecule has 0 saturated heterocycles. The summed E-state index contributed by atoms with van der Waals surface area (Å²) in [6.45, 7) is 2.27. The second-order valence-electron chi connectivity index (χ2n) is 5.48. The molecular formula is C15H21BrN2O2. The van der Waals surface area contributed by atoms with E-state index in [1.54, 1.807) is 0 Å². The Hall–Kier alpha value is -1.07. The van der Waals surface area contributed by atoms with E-state index in [-0.39, 0.29) is 18.7 Å². The monoisotopic (exact) mass is 340 g/mol. The van der Waals surface area contributed by atoms with Gasteiger partial charge in [0.1, 0.15) is 0 Å². The summed E-state index contributed by atoms with van der Waals surface area (Å²) >= 11 is 3.45. The van der Waals surface area contributed by atoms with Crippen LogP contribution in [0.4, 0.5) is 10.5 Å². The summed E-state index contributed by atoms with van der Waals surface area (Å²) < 4.78 is 0.886. The largest absolute Gasteiger partial charge is 0.396 e. The number of urea groups is 1. The number of benzene rings is 1. The van der Waals surface area contributed by atoms with Crippen molar-refractivity contribution in [2.75, 3.05) is 11.9 Å². The number of carbonyl (C=O) groups is 1. The Morgan fingerprint density at radius 3 is 2.65 bits per heavy atom. The number of anilines is 1. The van der Waals surface area contributed by atoms with E-state index in [0.29, 0.717) is 5.92 Å². The lowest BCUT2D eigenvalue weighted by Gasteiger charge is -2.28. The number of amides is 2. The minimum Gasteiger partial charge on any atom is -0.396 e. The average Bonchev–Trinajstić information content (AvgIpc) is 2.43. The lowest BCUT2D eigenvalue weighted by Crippen LogP contribution is -2.40.